The Bertz CT molecular complexity index is 1660. The Hall–Kier alpha value is -3.82. The van der Waals surface area contributed by atoms with Crippen LogP contribution < -0.4 is 0 Å². The molecule has 0 saturated carbocycles. The van der Waals surface area contributed by atoms with Gasteiger partial charge in [-0.1, -0.05) is 160 Å². The van der Waals surface area contributed by atoms with Gasteiger partial charge in [0, 0.05) is 12.8 Å². The lowest BCUT2D eigenvalue weighted by Gasteiger charge is -2.19. The number of allylic oxidation sites excluding steroid dienone is 22. The number of phosphoric acid groups is 2. The molecule has 0 aromatic rings. The summed E-state index contributed by atoms with van der Waals surface area (Å²) in [6.07, 6.45) is 47.4. The minimum Gasteiger partial charge on any atom is -0.463 e. The standard InChI is InChI=1S/C47H72O15P2/c1-3-5-7-9-11-13-15-17-18-19-20-21-22-24-26-28-30-32-34-36-47(52)58-38-44(49)40-60-64(55,56)62-42-45(50)41-61-63(53,54)59-39-43(48)37-57-46(51)35-33-31-29-27-25-23-16-14-12-10-8-6-4-2/h5-26,43-45,48-50H,3-4,27-42H2,1-2H3,(H,53,54)(H,55,56)/b7-5+,8-6+,11-9+,12-10+,15-13-,16-14-,18-17+,20-19+,22-21+,25-23-,26-24+. The molecule has 17 heteroatoms. The van der Waals surface area contributed by atoms with Crippen molar-refractivity contribution in [3.05, 3.63) is 134 Å². The first-order chi connectivity index (χ1) is 30.8. The Morgan fingerprint density at radius 2 is 0.672 bits per heavy atom. The zero-order valence-electron chi connectivity index (χ0n) is 37.4. The SMILES string of the molecule is CC/C=C/C=C/C=C\C=C/CCCCCC(=O)OCC(O)COP(=O)(O)OCC(O)COP(=O)(O)OCC(O)COC(=O)CCCCC/C=C/C=C/C=C/C=C/C=C\C=C\C=C\CC. The predicted octanol–water partition coefficient (Wildman–Crippen LogP) is 9.26. The highest BCUT2D eigenvalue weighted by atomic mass is 31.2. The lowest BCUT2D eigenvalue weighted by molar-refractivity contribution is -0.148. The maximum Gasteiger partial charge on any atom is 0.472 e. The Balaban J connectivity index is 4.06. The molecule has 0 rings (SSSR count). The summed E-state index contributed by atoms with van der Waals surface area (Å²) < 4.78 is 52.8. The molecule has 0 bridgehead atoms. The first-order valence-electron chi connectivity index (χ1n) is 21.7. The molecule has 64 heavy (non-hydrogen) atoms. The van der Waals surface area contributed by atoms with Crippen LogP contribution in [0.15, 0.2) is 134 Å². The van der Waals surface area contributed by atoms with Crippen molar-refractivity contribution in [1.29, 1.82) is 0 Å². The number of phosphoric ester groups is 2. The monoisotopic (exact) mass is 938 g/mol. The number of unbranched alkanes of at least 4 members (excludes halogenated alkanes) is 6. The van der Waals surface area contributed by atoms with Crippen molar-refractivity contribution in [1.82, 2.24) is 0 Å². The first-order valence-corrected chi connectivity index (χ1v) is 24.7. The van der Waals surface area contributed by atoms with Gasteiger partial charge in [0.2, 0.25) is 0 Å². The molecule has 0 saturated heterocycles. The number of esters is 2. The molecule has 0 fully saturated rings. The van der Waals surface area contributed by atoms with Crippen LogP contribution in [-0.4, -0.2) is 95.0 Å². The molecule has 5 unspecified atom stereocenters. The van der Waals surface area contributed by atoms with Gasteiger partial charge in [0.1, 0.15) is 31.5 Å². The zero-order chi connectivity index (χ0) is 47.4. The van der Waals surface area contributed by atoms with Crippen LogP contribution in [0.4, 0.5) is 0 Å². The quantitative estimate of drug-likeness (QED) is 0.0168. The van der Waals surface area contributed by atoms with Gasteiger partial charge in [-0.25, -0.2) is 9.13 Å². The van der Waals surface area contributed by atoms with Crippen LogP contribution in [0.25, 0.3) is 0 Å². The fourth-order valence-corrected chi connectivity index (χ4v) is 6.15. The van der Waals surface area contributed by atoms with Gasteiger partial charge in [0.05, 0.1) is 26.4 Å². The molecule has 5 atom stereocenters. The highest BCUT2D eigenvalue weighted by Crippen LogP contribution is 2.45. The largest absolute Gasteiger partial charge is 0.472 e. The maximum absolute atomic E-state index is 12.1. The van der Waals surface area contributed by atoms with Crippen molar-refractivity contribution >= 4 is 27.6 Å². The molecule has 0 radical (unpaired) electrons. The average Bonchev–Trinajstić information content (AvgIpc) is 3.27. The molecular weight excluding hydrogens is 866 g/mol. The van der Waals surface area contributed by atoms with Crippen molar-refractivity contribution in [3.63, 3.8) is 0 Å². The van der Waals surface area contributed by atoms with E-state index in [0.29, 0.717) is 12.8 Å². The molecule has 0 aliphatic carbocycles. The lowest BCUT2D eigenvalue weighted by Crippen LogP contribution is -2.25. The highest BCUT2D eigenvalue weighted by Gasteiger charge is 2.28. The third kappa shape index (κ3) is 43.4. The van der Waals surface area contributed by atoms with Crippen LogP contribution in [0.5, 0.6) is 0 Å². The van der Waals surface area contributed by atoms with E-state index in [2.05, 4.69) is 44.1 Å². The number of ether oxygens (including phenoxy) is 2. The molecule has 0 amide bonds. The molecule has 0 aromatic carbocycles. The minimum atomic E-state index is -4.81. The molecule has 0 aromatic heterocycles. The number of carbonyl (C=O) groups excluding carboxylic acids is 2. The van der Waals surface area contributed by atoms with Crippen LogP contribution in [0.2, 0.25) is 0 Å². The van der Waals surface area contributed by atoms with E-state index in [-0.39, 0.29) is 12.8 Å². The summed E-state index contributed by atoms with van der Waals surface area (Å²) >= 11 is 0. The van der Waals surface area contributed by atoms with Crippen LogP contribution in [0, 0.1) is 0 Å². The minimum absolute atomic E-state index is 0.134. The predicted molar refractivity (Wildman–Crippen MR) is 251 cm³/mol. The molecular formula is C47H72O15P2. The highest BCUT2D eigenvalue weighted by molar-refractivity contribution is 7.47. The number of rotatable bonds is 39. The van der Waals surface area contributed by atoms with E-state index < -0.39 is 85.5 Å². The van der Waals surface area contributed by atoms with Gasteiger partial charge < -0.3 is 34.6 Å². The van der Waals surface area contributed by atoms with Gasteiger partial charge in [-0.05, 0) is 51.4 Å². The fraction of sp³-hybridized carbons (Fsp3) is 0.489. The molecule has 0 spiro atoms. The summed E-state index contributed by atoms with van der Waals surface area (Å²) in [4.78, 5) is 43.6. The van der Waals surface area contributed by atoms with E-state index in [1.54, 1.807) is 0 Å². The van der Waals surface area contributed by atoms with Crippen molar-refractivity contribution < 1.29 is 71.4 Å². The second kappa shape index (κ2) is 41.9. The third-order valence-electron chi connectivity index (χ3n) is 7.89. The number of aliphatic hydroxyl groups is 3. The first kappa shape index (κ1) is 60.2. The molecule has 5 N–H and O–H groups in total. The van der Waals surface area contributed by atoms with Gasteiger partial charge >= 0.3 is 27.6 Å². The van der Waals surface area contributed by atoms with E-state index in [0.717, 1.165) is 51.4 Å². The number of hydrogen-bond acceptors (Lipinski definition) is 13. The van der Waals surface area contributed by atoms with Gasteiger partial charge in [-0.2, -0.15) is 0 Å². The Morgan fingerprint density at radius 1 is 0.406 bits per heavy atom. The van der Waals surface area contributed by atoms with Crippen LogP contribution >= 0.6 is 15.6 Å². The molecule has 15 nitrogen and oxygen atoms in total. The second-order valence-corrected chi connectivity index (χ2v) is 16.8. The van der Waals surface area contributed by atoms with Crippen molar-refractivity contribution in [2.75, 3.05) is 39.6 Å². The smallest absolute Gasteiger partial charge is 0.463 e. The summed E-state index contributed by atoms with van der Waals surface area (Å²) in [5, 5.41) is 29.9. The van der Waals surface area contributed by atoms with Crippen LogP contribution in [-0.2, 0) is 46.3 Å². The number of carbonyl (C=O) groups is 2. The van der Waals surface area contributed by atoms with E-state index in [4.69, 9.17) is 9.47 Å². The topological polar surface area (TPSA) is 225 Å². The van der Waals surface area contributed by atoms with E-state index in [1.807, 2.05) is 122 Å². The Morgan fingerprint density at radius 3 is 0.969 bits per heavy atom. The summed E-state index contributed by atoms with van der Waals surface area (Å²) in [5.41, 5.74) is 0. The molecule has 360 valence electrons. The van der Waals surface area contributed by atoms with E-state index in [1.165, 1.54) is 0 Å². The zero-order valence-corrected chi connectivity index (χ0v) is 39.2. The Kier molecular flexibility index (Phi) is 39.4. The number of hydrogen-bond donors (Lipinski definition) is 5. The van der Waals surface area contributed by atoms with Gasteiger partial charge in [0.15, 0.2) is 0 Å². The number of aliphatic hydroxyl groups excluding tert-OH is 3. The van der Waals surface area contributed by atoms with Crippen LogP contribution in [0.1, 0.15) is 90.9 Å². The van der Waals surface area contributed by atoms with Crippen LogP contribution in [0.3, 0.4) is 0 Å². The lowest BCUT2D eigenvalue weighted by atomic mass is 10.1. The van der Waals surface area contributed by atoms with E-state index >= 15 is 0 Å². The van der Waals surface area contributed by atoms with E-state index in [9.17, 15) is 43.8 Å². The summed E-state index contributed by atoms with van der Waals surface area (Å²) in [6, 6.07) is 0. The van der Waals surface area contributed by atoms with Gasteiger partial charge in [-0.3, -0.25) is 27.7 Å². The summed E-state index contributed by atoms with van der Waals surface area (Å²) in [7, 11) is -9.61. The van der Waals surface area contributed by atoms with Crippen molar-refractivity contribution in [2.24, 2.45) is 0 Å². The maximum atomic E-state index is 12.1. The second-order valence-electron chi connectivity index (χ2n) is 13.9. The average molecular weight is 939 g/mol. The molecule has 0 aliphatic heterocycles. The molecule has 0 heterocycles. The van der Waals surface area contributed by atoms with Gasteiger partial charge in [-0.15, -0.1) is 0 Å². The Labute approximate surface area is 380 Å². The summed E-state index contributed by atoms with van der Waals surface area (Å²) in [6.45, 7) is -0.0437. The third-order valence-corrected chi connectivity index (χ3v) is 9.79. The normalized spacial score (nSPS) is 16.4. The van der Waals surface area contributed by atoms with Crippen molar-refractivity contribution in [3.8, 4) is 0 Å². The fourth-order valence-electron chi connectivity index (χ4n) is 4.56. The van der Waals surface area contributed by atoms with Crippen molar-refractivity contribution in [2.45, 2.75) is 109 Å². The molecule has 0 aliphatic rings. The van der Waals surface area contributed by atoms with Gasteiger partial charge in [0.25, 0.3) is 0 Å². The summed E-state index contributed by atoms with van der Waals surface area (Å²) in [5.74, 6) is -1.09.